The molecular weight excluding hydrogens is 192 g/mol. The highest BCUT2D eigenvalue weighted by Crippen LogP contribution is 2.28. The summed E-state index contributed by atoms with van der Waals surface area (Å²) in [7, 11) is 0. The van der Waals surface area contributed by atoms with Gasteiger partial charge < -0.3 is 14.6 Å². The molecule has 15 heavy (non-hydrogen) atoms. The lowest BCUT2D eigenvalue weighted by Crippen LogP contribution is -2.07. The lowest BCUT2D eigenvalue weighted by atomic mass is 10.3. The Morgan fingerprint density at radius 3 is 1.60 bits per heavy atom. The highest BCUT2D eigenvalue weighted by molar-refractivity contribution is 5.41. The van der Waals surface area contributed by atoms with Gasteiger partial charge in [0.25, 0.3) is 0 Å². The fourth-order valence-electron chi connectivity index (χ4n) is 1.24. The highest BCUT2D eigenvalue weighted by Gasteiger charge is 2.05. The van der Waals surface area contributed by atoms with Gasteiger partial charge in [-0.3, -0.25) is 0 Å². The van der Waals surface area contributed by atoms with Crippen molar-refractivity contribution in [1.29, 1.82) is 0 Å². The molecule has 1 aromatic rings. The van der Waals surface area contributed by atoms with E-state index in [4.69, 9.17) is 9.47 Å². The maximum absolute atomic E-state index is 9.46. The summed E-state index contributed by atoms with van der Waals surface area (Å²) in [5.74, 6) is 1.41. The predicted octanol–water partition coefficient (Wildman–Crippen LogP) is 2.97. The number of rotatable bonds is 4. The summed E-state index contributed by atoms with van der Waals surface area (Å²) in [6, 6.07) is 4.93. The molecule has 0 spiro atoms. The lowest BCUT2D eigenvalue weighted by Gasteiger charge is -2.14. The summed E-state index contributed by atoms with van der Waals surface area (Å²) < 4.78 is 11.0. The minimum Gasteiger partial charge on any atom is -0.508 e. The second-order valence-electron chi connectivity index (χ2n) is 4.00. The Balaban J connectivity index is 2.84. The predicted molar refractivity (Wildman–Crippen MR) is 59.6 cm³/mol. The zero-order chi connectivity index (χ0) is 11.4. The monoisotopic (exact) mass is 210 g/mol. The number of aromatic hydroxyl groups is 1. The van der Waals surface area contributed by atoms with Gasteiger partial charge in [0.2, 0.25) is 0 Å². The molecule has 0 heterocycles. The highest BCUT2D eigenvalue weighted by atomic mass is 16.5. The second-order valence-corrected chi connectivity index (χ2v) is 4.00. The zero-order valence-corrected chi connectivity index (χ0v) is 9.65. The molecule has 0 saturated carbocycles. The third kappa shape index (κ3) is 4.11. The van der Waals surface area contributed by atoms with Crippen LogP contribution in [-0.4, -0.2) is 17.3 Å². The van der Waals surface area contributed by atoms with Crippen LogP contribution in [0.5, 0.6) is 17.2 Å². The molecule has 3 nitrogen and oxygen atoms in total. The Labute approximate surface area is 90.6 Å². The average Bonchev–Trinajstić information content (AvgIpc) is 1.98. The molecule has 0 radical (unpaired) electrons. The molecule has 0 aliphatic carbocycles. The van der Waals surface area contributed by atoms with E-state index >= 15 is 0 Å². The summed E-state index contributed by atoms with van der Waals surface area (Å²) in [6.07, 6.45) is 0.164. The molecule has 0 amide bonds. The normalized spacial score (nSPS) is 10.8. The molecule has 0 aromatic heterocycles. The third-order valence-electron chi connectivity index (χ3n) is 1.61. The number of phenolic OH excluding ortho intramolecular Hbond substituents is 1. The number of ether oxygens (including phenoxy) is 2. The van der Waals surface area contributed by atoms with E-state index in [1.807, 2.05) is 27.7 Å². The Hall–Kier alpha value is -1.38. The Bertz CT molecular complexity index is 290. The molecule has 0 atom stereocenters. The number of benzene rings is 1. The van der Waals surface area contributed by atoms with Gasteiger partial charge in [-0.1, -0.05) is 0 Å². The molecule has 0 saturated heterocycles. The van der Waals surface area contributed by atoms with Gasteiger partial charge in [-0.15, -0.1) is 0 Å². The van der Waals surface area contributed by atoms with Crippen LogP contribution < -0.4 is 9.47 Å². The Morgan fingerprint density at radius 1 is 0.867 bits per heavy atom. The van der Waals surface area contributed by atoms with Crippen LogP contribution in [0.2, 0.25) is 0 Å². The van der Waals surface area contributed by atoms with Gasteiger partial charge in [0.1, 0.15) is 17.2 Å². The van der Waals surface area contributed by atoms with Gasteiger partial charge >= 0.3 is 0 Å². The van der Waals surface area contributed by atoms with Gasteiger partial charge in [-0.05, 0) is 27.7 Å². The third-order valence-corrected chi connectivity index (χ3v) is 1.61. The first kappa shape index (κ1) is 11.7. The maximum atomic E-state index is 9.46. The van der Waals surface area contributed by atoms with Crippen molar-refractivity contribution in [3.63, 3.8) is 0 Å². The van der Waals surface area contributed by atoms with E-state index in [1.165, 1.54) is 0 Å². The first-order chi connectivity index (χ1) is 6.97. The molecule has 1 aromatic carbocycles. The van der Waals surface area contributed by atoms with Crippen molar-refractivity contribution in [1.82, 2.24) is 0 Å². The first-order valence-electron chi connectivity index (χ1n) is 5.14. The van der Waals surface area contributed by atoms with E-state index in [0.717, 1.165) is 0 Å². The smallest absolute Gasteiger partial charge is 0.127 e. The molecule has 84 valence electrons. The molecule has 1 N–H and O–H groups in total. The molecule has 0 unspecified atom stereocenters. The van der Waals surface area contributed by atoms with Gasteiger partial charge in [-0.2, -0.15) is 0 Å². The van der Waals surface area contributed by atoms with Crippen LogP contribution in [0.3, 0.4) is 0 Å². The molecule has 0 aliphatic rings. The van der Waals surface area contributed by atoms with Crippen LogP contribution >= 0.6 is 0 Å². The van der Waals surface area contributed by atoms with Gasteiger partial charge in [0, 0.05) is 18.2 Å². The van der Waals surface area contributed by atoms with Crippen molar-refractivity contribution in [3.05, 3.63) is 18.2 Å². The van der Waals surface area contributed by atoms with Crippen LogP contribution in [0.4, 0.5) is 0 Å². The van der Waals surface area contributed by atoms with Crippen molar-refractivity contribution in [2.24, 2.45) is 0 Å². The largest absolute Gasteiger partial charge is 0.508 e. The van der Waals surface area contributed by atoms with Crippen molar-refractivity contribution in [2.45, 2.75) is 39.9 Å². The summed E-state index contributed by atoms with van der Waals surface area (Å²) in [6.45, 7) is 7.75. The van der Waals surface area contributed by atoms with Crippen LogP contribution in [-0.2, 0) is 0 Å². The summed E-state index contributed by atoms with van der Waals surface area (Å²) in [4.78, 5) is 0. The molecule has 0 aliphatic heterocycles. The fourth-order valence-corrected chi connectivity index (χ4v) is 1.24. The van der Waals surface area contributed by atoms with E-state index in [2.05, 4.69) is 0 Å². The second kappa shape index (κ2) is 4.91. The SMILES string of the molecule is CC(C)Oc1cc(O)cc(OC(C)C)c1. The van der Waals surface area contributed by atoms with Gasteiger partial charge in [0.05, 0.1) is 12.2 Å². The van der Waals surface area contributed by atoms with Crippen LogP contribution in [0.15, 0.2) is 18.2 Å². The number of phenols is 1. The zero-order valence-electron chi connectivity index (χ0n) is 9.65. The van der Waals surface area contributed by atoms with E-state index in [0.29, 0.717) is 11.5 Å². The number of hydrogen-bond acceptors (Lipinski definition) is 3. The quantitative estimate of drug-likeness (QED) is 0.830. The van der Waals surface area contributed by atoms with Gasteiger partial charge in [-0.25, -0.2) is 0 Å². The minimum absolute atomic E-state index is 0.0821. The fraction of sp³-hybridized carbons (Fsp3) is 0.500. The topological polar surface area (TPSA) is 38.7 Å². The number of hydrogen-bond donors (Lipinski definition) is 1. The molecule has 1 rings (SSSR count). The van der Waals surface area contributed by atoms with Crippen molar-refractivity contribution >= 4 is 0 Å². The minimum atomic E-state index is 0.0821. The van der Waals surface area contributed by atoms with Crippen molar-refractivity contribution < 1.29 is 14.6 Å². The van der Waals surface area contributed by atoms with Crippen molar-refractivity contribution in [3.8, 4) is 17.2 Å². The molecular formula is C12H18O3. The van der Waals surface area contributed by atoms with Gasteiger partial charge in [0.15, 0.2) is 0 Å². The summed E-state index contributed by atoms with van der Waals surface area (Å²) in [5, 5.41) is 9.46. The molecule has 3 heteroatoms. The van der Waals surface area contributed by atoms with Crippen LogP contribution in [0.25, 0.3) is 0 Å². The Morgan fingerprint density at radius 2 is 1.27 bits per heavy atom. The van der Waals surface area contributed by atoms with E-state index in [9.17, 15) is 5.11 Å². The van der Waals surface area contributed by atoms with E-state index in [1.54, 1.807) is 18.2 Å². The van der Waals surface area contributed by atoms with Crippen molar-refractivity contribution in [2.75, 3.05) is 0 Å². The maximum Gasteiger partial charge on any atom is 0.127 e. The average molecular weight is 210 g/mol. The van der Waals surface area contributed by atoms with E-state index in [-0.39, 0.29) is 18.0 Å². The van der Waals surface area contributed by atoms with Crippen LogP contribution in [0.1, 0.15) is 27.7 Å². The lowest BCUT2D eigenvalue weighted by molar-refractivity contribution is 0.227. The Kier molecular flexibility index (Phi) is 3.83. The van der Waals surface area contributed by atoms with E-state index < -0.39 is 0 Å². The molecule has 0 fully saturated rings. The summed E-state index contributed by atoms with van der Waals surface area (Å²) >= 11 is 0. The molecule has 0 bridgehead atoms. The standard InChI is InChI=1S/C12H18O3/c1-8(2)14-11-5-10(13)6-12(7-11)15-9(3)4/h5-9,13H,1-4H3. The summed E-state index contributed by atoms with van der Waals surface area (Å²) in [5.41, 5.74) is 0. The van der Waals surface area contributed by atoms with Crippen LogP contribution in [0, 0.1) is 0 Å². The first-order valence-corrected chi connectivity index (χ1v) is 5.14.